The van der Waals surface area contributed by atoms with Gasteiger partial charge in [-0.1, -0.05) is 12.2 Å². The molecular formula is C12H19N3O2S3. The summed E-state index contributed by atoms with van der Waals surface area (Å²) in [4.78, 5) is 3.09. The number of nitrogens with two attached hydrogens (primary N) is 1. The molecule has 0 amide bonds. The van der Waals surface area contributed by atoms with E-state index in [9.17, 15) is 8.42 Å². The lowest BCUT2D eigenvalue weighted by Gasteiger charge is -2.35. The van der Waals surface area contributed by atoms with Gasteiger partial charge in [0, 0.05) is 12.1 Å². The Hall–Kier alpha value is -0.540. The van der Waals surface area contributed by atoms with Crippen LogP contribution in [-0.2, 0) is 10.0 Å². The third kappa shape index (κ3) is 3.56. The Morgan fingerprint density at radius 1 is 1.55 bits per heavy atom. The van der Waals surface area contributed by atoms with E-state index in [1.807, 2.05) is 0 Å². The smallest absolute Gasteiger partial charge is 0.250 e. The van der Waals surface area contributed by atoms with Crippen molar-refractivity contribution in [2.45, 2.75) is 36.1 Å². The standard InChI is InChI=1S/C12H19N3O2S3/c1-8-7-9(5-6-15(8)2)14-20(16,17)11-4-3-10(19-11)12(13)18/h3-4,8-9,14H,5-7H2,1-2H3,(H2,13,18). The zero-order valence-corrected chi connectivity index (χ0v) is 13.9. The average molecular weight is 334 g/mol. The minimum atomic E-state index is -3.48. The predicted molar refractivity (Wildman–Crippen MR) is 85.6 cm³/mol. The Bertz CT molecular complexity index is 597. The maximum atomic E-state index is 12.3. The molecule has 112 valence electrons. The fourth-order valence-electron chi connectivity index (χ4n) is 2.27. The van der Waals surface area contributed by atoms with Crippen molar-refractivity contribution in [3.63, 3.8) is 0 Å². The van der Waals surface area contributed by atoms with Crippen molar-refractivity contribution in [3.8, 4) is 0 Å². The van der Waals surface area contributed by atoms with Crippen LogP contribution in [0.4, 0.5) is 0 Å². The third-order valence-electron chi connectivity index (χ3n) is 3.62. The quantitative estimate of drug-likeness (QED) is 0.808. The second-order valence-corrected chi connectivity index (χ2v) is 8.62. The van der Waals surface area contributed by atoms with Gasteiger partial charge in [0.25, 0.3) is 0 Å². The number of nitrogens with zero attached hydrogens (tertiary/aromatic N) is 1. The molecule has 0 radical (unpaired) electrons. The molecule has 1 aliphatic heterocycles. The molecule has 8 heteroatoms. The Morgan fingerprint density at radius 3 is 2.80 bits per heavy atom. The lowest BCUT2D eigenvalue weighted by molar-refractivity contribution is 0.178. The van der Waals surface area contributed by atoms with E-state index < -0.39 is 10.0 Å². The van der Waals surface area contributed by atoms with Crippen LogP contribution in [-0.4, -0.2) is 44.0 Å². The number of hydrogen-bond acceptors (Lipinski definition) is 5. The predicted octanol–water partition coefficient (Wildman–Crippen LogP) is 1.14. The van der Waals surface area contributed by atoms with Crippen LogP contribution in [0.15, 0.2) is 16.3 Å². The van der Waals surface area contributed by atoms with Gasteiger partial charge in [0.05, 0.1) is 4.88 Å². The molecule has 0 bridgehead atoms. The molecular weight excluding hydrogens is 314 g/mol. The molecule has 1 aromatic rings. The van der Waals surface area contributed by atoms with Crippen LogP contribution in [0.2, 0.25) is 0 Å². The summed E-state index contributed by atoms with van der Waals surface area (Å²) in [6, 6.07) is 3.58. The molecule has 1 fully saturated rings. The van der Waals surface area contributed by atoms with Crippen molar-refractivity contribution in [2.75, 3.05) is 13.6 Å². The highest BCUT2D eigenvalue weighted by atomic mass is 32.2. The summed E-state index contributed by atoms with van der Waals surface area (Å²) in [6.07, 6.45) is 1.65. The Labute approximate surface area is 129 Å². The summed E-state index contributed by atoms with van der Waals surface area (Å²) in [5.74, 6) is 0. The summed E-state index contributed by atoms with van der Waals surface area (Å²) in [5, 5.41) is 0. The number of likely N-dealkylation sites (tertiary alicyclic amines) is 1. The minimum absolute atomic E-state index is 0.0124. The highest BCUT2D eigenvalue weighted by Gasteiger charge is 2.27. The van der Waals surface area contributed by atoms with E-state index in [2.05, 4.69) is 23.6 Å². The largest absolute Gasteiger partial charge is 0.389 e. The van der Waals surface area contributed by atoms with E-state index in [1.54, 1.807) is 12.1 Å². The van der Waals surface area contributed by atoms with Crippen LogP contribution < -0.4 is 10.5 Å². The second kappa shape index (κ2) is 6.07. The molecule has 1 saturated heterocycles. The van der Waals surface area contributed by atoms with Crippen LogP contribution in [0.1, 0.15) is 24.6 Å². The van der Waals surface area contributed by atoms with Crippen LogP contribution in [0.3, 0.4) is 0 Å². The number of sulfonamides is 1. The molecule has 20 heavy (non-hydrogen) atoms. The van der Waals surface area contributed by atoms with Crippen molar-refractivity contribution in [3.05, 3.63) is 17.0 Å². The van der Waals surface area contributed by atoms with Crippen molar-refractivity contribution in [1.29, 1.82) is 0 Å². The maximum Gasteiger partial charge on any atom is 0.250 e. The first-order chi connectivity index (χ1) is 9.29. The van der Waals surface area contributed by atoms with E-state index in [-0.39, 0.29) is 15.2 Å². The first-order valence-electron chi connectivity index (χ1n) is 6.42. The van der Waals surface area contributed by atoms with Crippen LogP contribution >= 0.6 is 23.6 Å². The molecule has 2 atom stereocenters. The van der Waals surface area contributed by atoms with Gasteiger partial charge in [-0.3, -0.25) is 0 Å². The fraction of sp³-hybridized carbons (Fsp3) is 0.583. The normalized spacial score (nSPS) is 24.7. The average Bonchev–Trinajstić information content (AvgIpc) is 2.84. The van der Waals surface area contributed by atoms with Gasteiger partial charge >= 0.3 is 0 Å². The van der Waals surface area contributed by atoms with Crippen molar-refractivity contribution in [2.24, 2.45) is 5.73 Å². The first-order valence-corrected chi connectivity index (χ1v) is 9.12. The van der Waals surface area contributed by atoms with Gasteiger partial charge in [-0.25, -0.2) is 13.1 Å². The van der Waals surface area contributed by atoms with E-state index in [1.165, 1.54) is 0 Å². The van der Waals surface area contributed by atoms with Crippen molar-refractivity contribution in [1.82, 2.24) is 9.62 Å². The molecule has 5 nitrogen and oxygen atoms in total. The second-order valence-electron chi connectivity index (χ2n) is 5.16. The number of thiophene rings is 1. The third-order valence-corrected chi connectivity index (χ3v) is 7.10. The molecule has 2 unspecified atom stereocenters. The van der Waals surface area contributed by atoms with Crippen molar-refractivity contribution < 1.29 is 8.42 Å². The molecule has 2 rings (SSSR count). The molecule has 0 saturated carbocycles. The first kappa shape index (κ1) is 15.8. The highest BCUT2D eigenvalue weighted by molar-refractivity contribution is 7.91. The number of hydrogen-bond donors (Lipinski definition) is 2. The molecule has 0 spiro atoms. The van der Waals surface area contributed by atoms with Gasteiger partial charge in [-0.2, -0.15) is 0 Å². The number of nitrogens with one attached hydrogen (secondary N) is 1. The van der Waals surface area contributed by atoms with Gasteiger partial charge in [-0.05, 0) is 45.5 Å². The molecule has 0 aromatic carbocycles. The Balaban J connectivity index is 2.09. The summed E-state index contributed by atoms with van der Waals surface area (Å²) in [7, 11) is -1.42. The van der Waals surface area contributed by atoms with E-state index in [4.69, 9.17) is 18.0 Å². The van der Waals surface area contributed by atoms with Gasteiger partial charge < -0.3 is 10.6 Å². The lowest BCUT2D eigenvalue weighted by atomic mass is 10.0. The minimum Gasteiger partial charge on any atom is -0.389 e. The van der Waals surface area contributed by atoms with E-state index in [0.717, 1.165) is 30.7 Å². The summed E-state index contributed by atoms with van der Waals surface area (Å²) in [5.41, 5.74) is 5.51. The summed E-state index contributed by atoms with van der Waals surface area (Å²) in [6.45, 7) is 3.01. The summed E-state index contributed by atoms with van der Waals surface area (Å²) < 4.78 is 27.7. The van der Waals surface area contributed by atoms with Gasteiger partial charge in [-0.15, -0.1) is 11.3 Å². The number of piperidine rings is 1. The Morgan fingerprint density at radius 2 is 2.25 bits per heavy atom. The topological polar surface area (TPSA) is 75.4 Å². The van der Waals surface area contributed by atoms with E-state index >= 15 is 0 Å². The van der Waals surface area contributed by atoms with Crippen molar-refractivity contribution >= 4 is 38.6 Å². The molecule has 1 aromatic heterocycles. The molecule has 3 N–H and O–H groups in total. The molecule has 1 aliphatic rings. The van der Waals surface area contributed by atoms with Crippen LogP contribution in [0.5, 0.6) is 0 Å². The zero-order valence-electron chi connectivity index (χ0n) is 11.5. The van der Waals surface area contributed by atoms with Gasteiger partial charge in [0.2, 0.25) is 10.0 Å². The SMILES string of the molecule is CC1CC(NS(=O)(=O)c2ccc(C(N)=S)s2)CCN1C. The molecule has 2 heterocycles. The maximum absolute atomic E-state index is 12.3. The van der Waals surface area contributed by atoms with E-state index in [0.29, 0.717) is 10.9 Å². The van der Waals surface area contributed by atoms with Gasteiger partial charge in [0.1, 0.15) is 9.20 Å². The summed E-state index contributed by atoms with van der Waals surface area (Å²) >= 11 is 5.97. The van der Waals surface area contributed by atoms with Gasteiger partial charge in [0.15, 0.2) is 0 Å². The van der Waals surface area contributed by atoms with Crippen LogP contribution in [0, 0.1) is 0 Å². The monoisotopic (exact) mass is 333 g/mol. The number of thiocarbonyl (C=S) groups is 1. The fourth-order valence-corrected chi connectivity index (χ4v) is 4.92. The Kier molecular flexibility index (Phi) is 4.80. The lowest BCUT2D eigenvalue weighted by Crippen LogP contribution is -2.47. The number of rotatable bonds is 4. The van der Waals surface area contributed by atoms with Crippen LogP contribution in [0.25, 0.3) is 0 Å². The zero-order chi connectivity index (χ0) is 14.9. The molecule has 0 aliphatic carbocycles. The highest BCUT2D eigenvalue weighted by Crippen LogP contribution is 2.23.